The highest BCUT2D eigenvalue weighted by atomic mass is 19.1. The Morgan fingerprint density at radius 2 is 1.88 bits per heavy atom. The Kier molecular flexibility index (Phi) is 5.27. The lowest BCUT2D eigenvalue weighted by atomic mass is 10.0. The summed E-state index contributed by atoms with van der Waals surface area (Å²) in [6.07, 6.45) is 1.75. The van der Waals surface area contributed by atoms with E-state index < -0.39 is 5.91 Å². The highest BCUT2D eigenvalue weighted by Gasteiger charge is 2.07. The van der Waals surface area contributed by atoms with Crippen LogP contribution in [-0.4, -0.2) is 17.4 Å². The van der Waals surface area contributed by atoms with E-state index in [1.165, 1.54) is 12.1 Å². The maximum atomic E-state index is 13.0. The van der Waals surface area contributed by atoms with Crippen molar-refractivity contribution >= 4 is 11.7 Å². The van der Waals surface area contributed by atoms with Crippen molar-refractivity contribution in [1.29, 1.82) is 0 Å². The number of pyridine rings is 1. The number of hydrogen-bond donors (Lipinski definition) is 2. The minimum Gasteiger partial charge on any atom is -0.369 e. The second-order valence-corrected chi connectivity index (χ2v) is 6.21. The highest BCUT2D eigenvalue weighted by molar-refractivity contribution is 5.94. The number of primary amides is 1. The zero-order chi connectivity index (χ0) is 18.5. The van der Waals surface area contributed by atoms with E-state index in [0.29, 0.717) is 12.1 Å². The molecule has 0 saturated heterocycles. The molecule has 5 heteroatoms. The zero-order valence-corrected chi connectivity index (χ0v) is 14.4. The number of carbonyl (C=O) groups is 1. The van der Waals surface area contributed by atoms with E-state index >= 15 is 0 Å². The number of amides is 1. The Hall–Kier alpha value is -3.21. The monoisotopic (exact) mass is 349 g/mol. The Balaban J connectivity index is 1.65. The number of hydrogen-bond acceptors (Lipinski definition) is 3. The molecular formula is C21H20FN3O. The van der Waals surface area contributed by atoms with Crippen LogP contribution in [0.2, 0.25) is 0 Å². The lowest BCUT2D eigenvalue weighted by Crippen LogP contribution is -2.11. The van der Waals surface area contributed by atoms with Crippen molar-refractivity contribution in [3.63, 3.8) is 0 Å². The Morgan fingerprint density at radius 1 is 1.12 bits per heavy atom. The molecule has 0 fully saturated rings. The molecule has 0 aliphatic heterocycles. The van der Waals surface area contributed by atoms with Crippen LogP contribution in [0.4, 0.5) is 10.2 Å². The third kappa shape index (κ3) is 4.25. The molecule has 0 spiro atoms. The molecular weight excluding hydrogens is 329 g/mol. The van der Waals surface area contributed by atoms with Crippen LogP contribution in [0.3, 0.4) is 0 Å². The molecule has 0 radical (unpaired) electrons. The summed E-state index contributed by atoms with van der Waals surface area (Å²) >= 11 is 0. The van der Waals surface area contributed by atoms with Gasteiger partial charge in [-0.25, -0.2) is 9.37 Å². The van der Waals surface area contributed by atoms with Crippen molar-refractivity contribution < 1.29 is 9.18 Å². The molecule has 1 heterocycles. The SMILES string of the molecule is CC(CNc1ccc(-c2cccc(C(N)=O)c2)cn1)c1ccc(F)cc1. The molecule has 1 amide bonds. The molecule has 1 atom stereocenters. The van der Waals surface area contributed by atoms with Crippen molar-refractivity contribution in [2.75, 3.05) is 11.9 Å². The summed E-state index contributed by atoms with van der Waals surface area (Å²) in [5, 5.41) is 3.29. The largest absolute Gasteiger partial charge is 0.369 e. The topological polar surface area (TPSA) is 68.0 Å². The third-order valence-corrected chi connectivity index (χ3v) is 4.27. The number of nitrogens with zero attached hydrogens (tertiary/aromatic N) is 1. The number of anilines is 1. The Bertz CT molecular complexity index is 892. The van der Waals surface area contributed by atoms with Crippen LogP contribution in [0.15, 0.2) is 66.9 Å². The second-order valence-electron chi connectivity index (χ2n) is 6.21. The maximum Gasteiger partial charge on any atom is 0.248 e. The smallest absolute Gasteiger partial charge is 0.248 e. The first kappa shape index (κ1) is 17.6. The fourth-order valence-corrected chi connectivity index (χ4v) is 2.69. The quantitative estimate of drug-likeness (QED) is 0.701. The number of aromatic nitrogens is 1. The van der Waals surface area contributed by atoms with E-state index in [0.717, 1.165) is 22.5 Å². The summed E-state index contributed by atoms with van der Waals surface area (Å²) in [5.74, 6) is 0.303. The summed E-state index contributed by atoms with van der Waals surface area (Å²) in [7, 11) is 0. The number of halogens is 1. The van der Waals surface area contributed by atoms with Gasteiger partial charge in [-0.2, -0.15) is 0 Å². The summed E-state index contributed by atoms with van der Waals surface area (Å²) in [4.78, 5) is 15.7. The lowest BCUT2D eigenvalue weighted by Gasteiger charge is -2.14. The van der Waals surface area contributed by atoms with Crippen molar-refractivity contribution in [3.05, 3.63) is 83.8 Å². The number of carbonyl (C=O) groups excluding carboxylic acids is 1. The number of rotatable bonds is 6. The van der Waals surface area contributed by atoms with Crippen molar-refractivity contribution in [3.8, 4) is 11.1 Å². The molecule has 1 unspecified atom stereocenters. The minimum absolute atomic E-state index is 0.226. The van der Waals surface area contributed by atoms with Gasteiger partial charge < -0.3 is 11.1 Å². The van der Waals surface area contributed by atoms with Gasteiger partial charge in [0.1, 0.15) is 11.6 Å². The standard InChI is InChI=1S/C21H20FN3O/c1-14(15-5-8-19(22)9-6-15)12-24-20-10-7-18(13-25-20)16-3-2-4-17(11-16)21(23)26/h2-11,13-14H,12H2,1H3,(H2,23,26)(H,24,25). The molecule has 2 aromatic carbocycles. The van der Waals surface area contributed by atoms with E-state index in [2.05, 4.69) is 17.2 Å². The van der Waals surface area contributed by atoms with Crippen LogP contribution in [0, 0.1) is 5.82 Å². The summed E-state index contributed by atoms with van der Waals surface area (Å²) < 4.78 is 13.0. The van der Waals surface area contributed by atoms with E-state index in [4.69, 9.17) is 5.73 Å². The molecule has 3 N–H and O–H groups in total. The van der Waals surface area contributed by atoms with Crippen molar-refractivity contribution in [1.82, 2.24) is 4.98 Å². The van der Waals surface area contributed by atoms with Gasteiger partial charge in [0.15, 0.2) is 0 Å². The van der Waals surface area contributed by atoms with Crippen LogP contribution in [-0.2, 0) is 0 Å². The van der Waals surface area contributed by atoms with Crippen molar-refractivity contribution in [2.45, 2.75) is 12.8 Å². The molecule has 3 rings (SSSR count). The maximum absolute atomic E-state index is 13.0. The van der Waals surface area contributed by atoms with Gasteiger partial charge in [-0.05, 0) is 53.4 Å². The van der Waals surface area contributed by atoms with Gasteiger partial charge >= 0.3 is 0 Å². The number of nitrogens with one attached hydrogen (secondary N) is 1. The molecule has 1 aromatic heterocycles. The average molecular weight is 349 g/mol. The molecule has 26 heavy (non-hydrogen) atoms. The van der Waals surface area contributed by atoms with Crippen LogP contribution >= 0.6 is 0 Å². The van der Waals surface area contributed by atoms with Gasteiger partial charge in [0.2, 0.25) is 5.91 Å². The first-order chi connectivity index (χ1) is 12.5. The minimum atomic E-state index is -0.451. The van der Waals surface area contributed by atoms with Gasteiger partial charge in [-0.3, -0.25) is 4.79 Å². The summed E-state index contributed by atoms with van der Waals surface area (Å²) in [6.45, 7) is 2.76. The highest BCUT2D eigenvalue weighted by Crippen LogP contribution is 2.21. The van der Waals surface area contributed by atoms with Gasteiger partial charge in [-0.15, -0.1) is 0 Å². The molecule has 0 saturated carbocycles. The Labute approximate surface area is 151 Å². The lowest BCUT2D eigenvalue weighted by molar-refractivity contribution is 0.100. The van der Waals surface area contributed by atoms with E-state index in [9.17, 15) is 9.18 Å². The Morgan fingerprint density at radius 3 is 2.54 bits per heavy atom. The fraction of sp³-hybridized carbons (Fsp3) is 0.143. The first-order valence-electron chi connectivity index (χ1n) is 8.38. The van der Waals surface area contributed by atoms with E-state index in [-0.39, 0.29) is 11.7 Å². The average Bonchev–Trinajstić information content (AvgIpc) is 2.67. The molecule has 0 bridgehead atoms. The normalized spacial score (nSPS) is 11.8. The molecule has 0 aliphatic carbocycles. The fourth-order valence-electron chi connectivity index (χ4n) is 2.69. The molecule has 0 aliphatic rings. The van der Waals surface area contributed by atoms with Gasteiger partial charge in [-0.1, -0.05) is 31.2 Å². The van der Waals surface area contributed by atoms with Gasteiger partial charge in [0.05, 0.1) is 0 Å². The van der Waals surface area contributed by atoms with Gasteiger partial charge in [0.25, 0.3) is 0 Å². The summed E-state index contributed by atoms with van der Waals surface area (Å²) in [6, 6.07) is 17.5. The zero-order valence-electron chi connectivity index (χ0n) is 14.4. The predicted molar refractivity (Wildman–Crippen MR) is 101 cm³/mol. The summed E-state index contributed by atoms with van der Waals surface area (Å²) in [5.41, 5.74) is 8.66. The van der Waals surface area contributed by atoms with Crippen LogP contribution in [0.5, 0.6) is 0 Å². The molecule has 3 aromatic rings. The van der Waals surface area contributed by atoms with Crippen LogP contribution < -0.4 is 11.1 Å². The molecule has 132 valence electrons. The van der Waals surface area contributed by atoms with Crippen LogP contribution in [0.1, 0.15) is 28.8 Å². The van der Waals surface area contributed by atoms with E-state index in [1.54, 1.807) is 36.5 Å². The van der Waals surface area contributed by atoms with E-state index in [1.807, 2.05) is 18.2 Å². The number of nitrogens with two attached hydrogens (primary N) is 1. The number of benzene rings is 2. The van der Waals surface area contributed by atoms with Gasteiger partial charge in [0, 0.05) is 23.9 Å². The second kappa shape index (κ2) is 7.78. The predicted octanol–water partition coefficient (Wildman–Crippen LogP) is 4.20. The first-order valence-corrected chi connectivity index (χ1v) is 8.38. The van der Waals surface area contributed by atoms with Crippen LogP contribution in [0.25, 0.3) is 11.1 Å². The van der Waals surface area contributed by atoms with Crippen molar-refractivity contribution in [2.24, 2.45) is 5.73 Å². The molecule has 4 nitrogen and oxygen atoms in total. The third-order valence-electron chi connectivity index (χ3n) is 4.27.